The van der Waals surface area contributed by atoms with Gasteiger partial charge in [-0.25, -0.2) is 0 Å². The molecule has 5 heteroatoms. The van der Waals surface area contributed by atoms with Crippen molar-refractivity contribution in [3.05, 3.63) is 32.7 Å². The molecule has 0 aromatic heterocycles. The van der Waals surface area contributed by atoms with Crippen LogP contribution in [-0.2, 0) is 9.47 Å². The first-order valence-electron chi connectivity index (χ1n) is 5.54. The van der Waals surface area contributed by atoms with Crippen LogP contribution >= 0.6 is 31.9 Å². The lowest BCUT2D eigenvalue weighted by molar-refractivity contribution is -0.101. The summed E-state index contributed by atoms with van der Waals surface area (Å²) in [5, 5.41) is 3.30. The third-order valence-electron chi connectivity index (χ3n) is 2.82. The summed E-state index contributed by atoms with van der Waals surface area (Å²) in [5.74, 6) is 0. The minimum Gasteiger partial charge on any atom is -0.376 e. The molecule has 0 radical (unpaired) electrons. The second-order valence-electron chi connectivity index (χ2n) is 3.92. The molecule has 1 saturated heterocycles. The Morgan fingerprint density at radius 2 is 2.18 bits per heavy atom. The van der Waals surface area contributed by atoms with Crippen molar-refractivity contribution in [1.82, 2.24) is 5.32 Å². The van der Waals surface area contributed by atoms with Crippen molar-refractivity contribution in [2.45, 2.75) is 12.1 Å². The molecule has 0 spiro atoms. The zero-order valence-corrected chi connectivity index (χ0v) is 12.8. The number of ether oxygens (including phenoxy) is 2. The second-order valence-corrected chi connectivity index (χ2v) is 5.69. The largest absolute Gasteiger partial charge is 0.376 e. The average Bonchev–Trinajstić information content (AvgIpc) is 2.36. The molecule has 1 N–H and O–H groups in total. The summed E-state index contributed by atoms with van der Waals surface area (Å²) in [4.78, 5) is 0. The van der Waals surface area contributed by atoms with Gasteiger partial charge in [-0.2, -0.15) is 0 Å². The van der Waals surface area contributed by atoms with Gasteiger partial charge in [0.25, 0.3) is 0 Å². The second kappa shape index (κ2) is 6.29. The number of hydrogen-bond acceptors (Lipinski definition) is 3. The topological polar surface area (TPSA) is 30.5 Å². The maximum Gasteiger partial charge on any atom is 0.100 e. The van der Waals surface area contributed by atoms with Crippen molar-refractivity contribution in [2.75, 3.05) is 26.9 Å². The molecular formula is C12H15Br2NO2. The highest BCUT2D eigenvalue weighted by atomic mass is 79.9. The normalized spacial score (nSPS) is 22.4. The minimum atomic E-state index is 0.0550. The van der Waals surface area contributed by atoms with Gasteiger partial charge in [-0.3, -0.25) is 0 Å². The van der Waals surface area contributed by atoms with Crippen LogP contribution in [0.2, 0.25) is 0 Å². The molecular weight excluding hydrogens is 350 g/mol. The number of nitrogens with one attached hydrogen (secondary N) is 1. The molecule has 94 valence electrons. The number of likely N-dealkylation sites (N-methyl/N-ethyl adjacent to an activating group) is 1. The molecule has 2 atom stereocenters. The Bertz CT molecular complexity index is 381. The highest BCUT2D eigenvalue weighted by molar-refractivity contribution is 9.11. The van der Waals surface area contributed by atoms with E-state index >= 15 is 0 Å². The Morgan fingerprint density at radius 3 is 2.82 bits per heavy atom. The SMILES string of the molecule is CNC(c1cc(Br)ccc1Br)C1COCCO1. The maximum atomic E-state index is 5.76. The Morgan fingerprint density at radius 1 is 1.35 bits per heavy atom. The van der Waals surface area contributed by atoms with Gasteiger partial charge < -0.3 is 14.8 Å². The Hall–Kier alpha value is 0.0600. The Balaban J connectivity index is 2.24. The number of rotatable bonds is 3. The molecule has 1 aromatic carbocycles. The molecule has 2 rings (SSSR count). The van der Waals surface area contributed by atoms with Gasteiger partial charge in [0.1, 0.15) is 6.10 Å². The van der Waals surface area contributed by atoms with Gasteiger partial charge in [0, 0.05) is 8.95 Å². The van der Waals surface area contributed by atoms with Crippen LogP contribution in [0.15, 0.2) is 27.1 Å². The van der Waals surface area contributed by atoms with Crippen LogP contribution in [0.3, 0.4) is 0 Å². The van der Waals surface area contributed by atoms with E-state index in [2.05, 4.69) is 43.2 Å². The minimum absolute atomic E-state index is 0.0550. The monoisotopic (exact) mass is 363 g/mol. The van der Waals surface area contributed by atoms with Crippen molar-refractivity contribution < 1.29 is 9.47 Å². The molecule has 0 amide bonds. The predicted octanol–water partition coefficient (Wildman–Crippen LogP) is 2.89. The molecule has 1 aromatic rings. The van der Waals surface area contributed by atoms with Crippen molar-refractivity contribution >= 4 is 31.9 Å². The summed E-state index contributed by atoms with van der Waals surface area (Å²) in [6, 6.07) is 6.28. The van der Waals surface area contributed by atoms with Crippen molar-refractivity contribution in [1.29, 1.82) is 0 Å². The fourth-order valence-corrected chi connectivity index (χ4v) is 2.87. The van der Waals surface area contributed by atoms with E-state index in [4.69, 9.17) is 9.47 Å². The first-order valence-corrected chi connectivity index (χ1v) is 7.12. The van der Waals surface area contributed by atoms with E-state index in [-0.39, 0.29) is 12.1 Å². The highest BCUT2D eigenvalue weighted by Crippen LogP contribution is 2.30. The fourth-order valence-electron chi connectivity index (χ4n) is 1.99. The quantitative estimate of drug-likeness (QED) is 0.894. The van der Waals surface area contributed by atoms with Gasteiger partial charge in [-0.1, -0.05) is 31.9 Å². The van der Waals surface area contributed by atoms with E-state index in [9.17, 15) is 0 Å². The summed E-state index contributed by atoms with van der Waals surface area (Å²) in [7, 11) is 1.94. The molecule has 1 aliphatic heterocycles. The number of hydrogen-bond donors (Lipinski definition) is 1. The van der Waals surface area contributed by atoms with Crippen LogP contribution in [0.25, 0.3) is 0 Å². The van der Waals surface area contributed by atoms with Crippen LogP contribution in [-0.4, -0.2) is 33.0 Å². The van der Waals surface area contributed by atoms with Crippen LogP contribution in [0.1, 0.15) is 11.6 Å². The van der Waals surface area contributed by atoms with Gasteiger partial charge in [0.05, 0.1) is 25.9 Å². The van der Waals surface area contributed by atoms with Crippen molar-refractivity contribution in [3.63, 3.8) is 0 Å². The predicted molar refractivity (Wildman–Crippen MR) is 74.2 cm³/mol. The fraction of sp³-hybridized carbons (Fsp3) is 0.500. The van der Waals surface area contributed by atoms with E-state index < -0.39 is 0 Å². The number of halogens is 2. The van der Waals surface area contributed by atoms with Crippen molar-refractivity contribution in [3.8, 4) is 0 Å². The summed E-state index contributed by atoms with van der Waals surface area (Å²) in [5.41, 5.74) is 1.18. The van der Waals surface area contributed by atoms with E-state index in [1.54, 1.807) is 0 Å². The summed E-state index contributed by atoms with van der Waals surface area (Å²) in [6.07, 6.45) is 0.0550. The van der Waals surface area contributed by atoms with Crippen LogP contribution < -0.4 is 5.32 Å². The van der Waals surface area contributed by atoms with Crippen molar-refractivity contribution in [2.24, 2.45) is 0 Å². The molecule has 1 heterocycles. The van der Waals surface area contributed by atoms with Gasteiger partial charge in [0.15, 0.2) is 0 Å². The Kier molecular flexibility index (Phi) is 4.99. The lowest BCUT2D eigenvalue weighted by Gasteiger charge is -2.31. The lowest BCUT2D eigenvalue weighted by atomic mass is 10.0. The maximum absolute atomic E-state index is 5.76. The standard InChI is InChI=1S/C12H15Br2NO2/c1-15-12(11-7-16-4-5-17-11)9-6-8(13)2-3-10(9)14/h2-3,6,11-12,15H,4-5,7H2,1H3. The van der Waals surface area contributed by atoms with E-state index in [1.807, 2.05) is 19.2 Å². The smallest absolute Gasteiger partial charge is 0.100 e. The first-order chi connectivity index (χ1) is 8.22. The zero-order valence-electron chi connectivity index (χ0n) is 9.58. The molecule has 2 unspecified atom stereocenters. The molecule has 1 fully saturated rings. The Labute approximate surface area is 118 Å². The highest BCUT2D eigenvalue weighted by Gasteiger charge is 2.26. The third kappa shape index (κ3) is 3.29. The van der Waals surface area contributed by atoms with Gasteiger partial charge in [0.2, 0.25) is 0 Å². The average molecular weight is 365 g/mol. The number of benzene rings is 1. The molecule has 0 aliphatic carbocycles. The third-order valence-corrected chi connectivity index (χ3v) is 4.03. The first kappa shape index (κ1) is 13.5. The summed E-state index contributed by atoms with van der Waals surface area (Å²) >= 11 is 7.08. The van der Waals surface area contributed by atoms with E-state index in [1.165, 1.54) is 5.56 Å². The molecule has 0 bridgehead atoms. The van der Waals surface area contributed by atoms with Gasteiger partial charge in [-0.05, 0) is 30.8 Å². The molecule has 17 heavy (non-hydrogen) atoms. The molecule has 0 saturated carbocycles. The lowest BCUT2D eigenvalue weighted by Crippen LogP contribution is -2.39. The van der Waals surface area contributed by atoms with Gasteiger partial charge in [-0.15, -0.1) is 0 Å². The van der Waals surface area contributed by atoms with Crippen LogP contribution in [0.4, 0.5) is 0 Å². The molecule has 3 nitrogen and oxygen atoms in total. The van der Waals surface area contributed by atoms with Crippen LogP contribution in [0.5, 0.6) is 0 Å². The molecule has 1 aliphatic rings. The van der Waals surface area contributed by atoms with E-state index in [0.29, 0.717) is 19.8 Å². The summed E-state index contributed by atoms with van der Waals surface area (Å²) in [6.45, 7) is 1.98. The zero-order chi connectivity index (χ0) is 12.3. The van der Waals surface area contributed by atoms with E-state index in [0.717, 1.165) is 8.95 Å². The summed E-state index contributed by atoms with van der Waals surface area (Å²) < 4.78 is 13.4. The van der Waals surface area contributed by atoms with Gasteiger partial charge >= 0.3 is 0 Å². The van der Waals surface area contributed by atoms with Crippen LogP contribution in [0, 0.1) is 0 Å².